The minimum Gasteiger partial charge on any atom is -0.341 e. The van der Waals surface area contributed by atoms with Gasteiger partial charge < -0.3 is 10.6 Å². The van der Waals surface area contributed by atoms with Crippen LogP contribution in [-0.2, 0) is 11.3 Å². The lowest BCUT2D eigenvalue weighted by Gasteiger charge is -2.36. The Morgan fingerprint density at radius 3 is 2.35 bits per heavy atom. The van der Waals surface area contributed by atoms with E-state index in [0.717, 1.165) is 32.5 Å². The Hall–Kier alpha value is -0.780. The number of nitrogens with two attached hydrogens (primary N) is 1. The molecule has 1 saturated heterocycles. The number of aromatic nitrogens is 2. The van der Waals surface area contributed by atoms with Crippen LogP contribution < -0.4 is 5.73 Å². The van der Waals surface area contributed by atoms with Gasteiger partial charge in [0.2, 0.25) is 5.91 Å². The number of rotatable bonds is 3. The summed E-state index contributed by atoms with van der Waals surface area (Å²) in [6.07, 6.45) is 6.09. The maximum Gasteiger partial charge on any atom is 0.240 e. The number of carbonyl (C=O) groups excluding carboxylic acids is 1. The van der Waals surface area contributed by atoms with Crippen LogP contribution in [0.2, 0.25) is 0 Å². The standard InChI is InChI=1S/C16H28N4O.2ClH/c1-5-20-11-13(10-18-20)12-6-8-19(9-7-12)15(21)14(17)16(2,3)4;;/h10-12,14H,5-9,17H2,1-4H3;2*1H/t14-;;/m1../s1. The second kappa shape index (κ2) is 8.90. The molecule has 1 fully saturated rings. The highest BCUT2D eigenvalue weighted by molar-refractivity contribution is 5.85. The summed E-state index contributed by atoms with van der Waals surface area (Å²) in [6.45, 7) is 10.6. The lowest BCUT2D eigenvalue weighted by molar-refractivity contribution is -0.136. The smallest absolute Gasteiger partial charge is 0.240 e. The number of hydrogen-bond donors (Lipinski definition) is 1. The number of halogens is 2. The zero-order valence-corrected chi connectivity index (χ0v) is 16.1. The third-order valence-electron chi connectivity index (χ3n) is 4.45. The molecular formula is C16H30Cl2N4O. The minimum atomic E-state index is -0.420. The molecule has 2 rings (SSSR count). The van der Waals surface area contributed by atoms with Crippen LogP contribution in [0, 0.1) is 5.41 Å². The Labute approximate surface area is 151 Å². The van der Waals surface area contributed by atoms with E-state index in [2.05, 4.69) is 18.2 Å². The van der Waals surface area contributed by atoms with Crippen molar-refractivity contribution in [2.75, 3.05) is 13.1 Å². The Morgan fingerprint density at radius 2 is 1.91 bits per heavy atom. The molecule has 0 bridgehead atoms. The van der Waals surface area contributed by atoms with Crippen molar-refractivity contribution < 1.29 is 4.79 Å². The summed E-state index contributed by atoms with van der Waals surface area (Å²) in [5.41, 5.74) is 7.20. The molecule has 2 heterocycles. The summed E-state index contributed by atoms with van der Waals surface area (Å²) in [5.74, 6) is 0.602. The van der Waals surface area contributed by atoms with Gasteiger partial charge in [-0.2, -0.15) is 5.10 Å². The van der Waals surface area contributed by atoms with Crippen LogP contribution in [0.25, 0.3) is 0 Å². The maximum absolute atomic E-state index is 12.4. The van der Waals surface area contributed by atoms with E-state index in [-0.39, 0.29) is 36.1 Å². The van der Waals surface area contributed by atoms with Gasteiger partial charge in [-0.25, -0.2) is 0 Å². The number of amides is 1. The fraction of sp³-hybridized carbons (Fsp3) is 0.750. The van der Waals surface area contributed by atoms with Crippen molar-refractivity contribution in [1.82, 2.24) is 14.7 Å². The first kappa shape index (κ1) is 22.2. The van der Waals surface area contributed by atoms with Crippen LogP contribution in [0.3, 0.4) is 0 Å². The van der Waals surface area contributed by atoms with Crippen molar-refractivity contribution in [3.8, 4) is 0 Å². The van der Waals surface area contributed by atoms with E-state index in [4.69, 9.17) is 5.73 Å². The highest BCUT2D eigenvalue weighted by atomic mass is 35.5. The first-order chi connectivity index (χ1) is 9.82. The van der Waals surface area contributed by atoms with Crippen LogP contribution in [0.1, 0.15) is 52.0 Å². The Kier molecular flexibility index (Phi) is 8.60. The molecule has 5 nitrogen and oxygen atoms in total. The average molecular weight is 365 g/mol. The van der Waals surface area contributed by atoms with Crippen molar-refractivity contribution in [2.24, 2.45) is 11.1 Å². The van der Waals surface area contributed by atoms with E-state index < -0.39 is 6.04 Å². The van der Waals surface area contributed by atoms with Crippen LogP contribution >= 0.6 is 24.8 Å². The van der Waals surface area contributed by atoms with E-state index in [9.17, 15) is 4.79 Å². The normalized spacial score (nSPS) is 17.2. The molecule has 0 aromatic carbocycles. The highest BCUT2D eigenvalue weighted by Gasteiger charge is 2.33. The van der Waals surface area contributed by atoms with Gasteiger partial charge in [0.1, 0.15) is 0 Å². The summed E-state index contributed by atoms with van der Waals surface area (Å²) < 4.78 is 1.96. The molecule has 134 valence electrons. The molecular weight excluding hydrogens is 335 g/mol. The summed E-state index contributed by atoms with van der Waals surface area (Å²) >= 11 is 0. The van der Waals surface area contributed by atoms with E-state index >= 15 is 0 Å². The predicted molar refractivity (Wildman–Crippen MR) is 98.4 cm³/mol. The molecule has 1 aliphatic rings. The topological polar surface area (TPSA) is 64.2 Å². The lowest BCUT2D eigenvalue weighted by atomic mass is 9.85. The van der Waals surface area contributed by atoms with Gasteiger partial charge in [-0.15, -0.1) is 24.8 Å². The Balaban J connectivity index is 0.00000242. The summed E-state index contributed by atoms with van der Waals surface area (Å²) in [6, 6.07) is -0.420. The third kappa shape index (κ3) is 5.37. The van der Waals surface area contributed by atoms with Gasteiger partial charge in [0, 0.05) is 25.8 Å². The van der Waals surface area contributed by atoms with Crippen LogP contribution in [0.4, 0.5) is 0 Å². The quantitative estimate of drug-likeness (QED) is 0.896. The monoisotopic (exact) mass is 364 g/mol. The van der Waals surface area contributed by atoms with Gasteiger partial charge >= 0.3 is 0 Å². The summed E-state index contributed by atoms with van der Waals surface area (Å²) in [5, 5.41) is 4.34. The van der Waals surface area contributed by atoms with Crippen LogP contribution in [0.15, 0.2) is 12.4 Å². The zero-order valence-electron chi connectivity index (χ0n) is 14.5. The summed E-state index contributed by atoms with van der Waals surface area (Å²) in [4.78, 5) is 14.4. The fourth-order valence-corrected chi connectivity index (χ4v) is 2.76. The number of piperidine rings is 1. The average Bonchev–Trinajstić information content (AvgIpc) is 2.94. The van der Waals surface area contributed by atoms with Crippen LogP contribution in [0.5, 0.6) is 0 Å². The maximum atomic E-state index is 12.4. The largest absolute Gasteiger partial charge is 0.341 e. The van der Waals surface area contributed by atoms with Crippen molar-refractivity contribution >= 4 is 30.7 Å². The number of nitrogens with zero attached hydrogens (tertiary/aromatic N) is 3. The van der Waals surface area contributed by atoms with E-state index in [1.54, 1.807) is 0 Å². The molecule has 2 N–H and O–H groups in total. The molecule has 1 aromatic heterocycles. The molecule has 0 unspecified atom stereocenters. The predicted octanol–water partition coefficient (Wildman–Crippen LogP) is 2.83. The number of carbonyl (C=O) groups is 1. The number of aryl methyl sites for hydroxylation is 1. The lowest BCUT2D eigenvalue weighted by Crippen LogP contribution is -2.52. The van der Waals surface area contributed by atoms with Crippen molar-refractivity contribution in [3.63, 3.8) is 0 Å². The molecule has 0 saturated carbocycles. The van der Waals surface area contributed by atoms with E-state index in [1.807, 2.05) is 36.5 Å². The molecule has 1 aliphatic heterocycles. The Morgan fingerprint density at radius 1 is 1.35 bits per heavy atom. The zero-order chi connectivity index (χ0) is 15.6. The molecule has 23 heavy (non-hydrogen) atoms. The van der Waals surface area contributed by atoms with Crippen LogP contribution in [-0.4, -0.2) is 39.7 Å². The van der Waals surface area contributed by atoms with Crippen molar-refractivity contribution in [1.29, 1.82) is 0 Å². The van der Waals surface area contributed by atoms with Gasteiger partial charge in [-0.1, -0.05) is 20.8 Å². The Bertz CT molecular complexity index is 491. The molecule has 0 radical (unpaired) electrons. The molecule has 0 aliphatic carbocycles. The summed E-state index contributed by atoms with van der Waals surface area (Å²) in [7, 11) is 0. The van der Waals surface area contributed by atoms with Gasteiger partial charge in [0.05, 0.1) is 12.2 Å². The second-order valence-electron chi connectivity index (χ2n) is 7.07. The molecule has 1 atom stereocenters. The highest BCUT2D eigenvalue weighted by Crippen LogP contribution is 2.29. The minimum absolute atomic E-state index is 0. The molecule has 0 spiro atoms. The molecule has 7 heteroatoms. The third-order valence-corrected chi connectivity index (χ3v) is 4.45. The van der Waals surface area contributed by atoms with E-state index in [1.165, 1.54) is 5.56 Å². The van der Waals surface area contributed by atoms with Crippen molar-refractivity contribution in [2.45, 2.75) is 59.0 Å². The van der Waals surface area contributed by atoms with Crippen molar-refractivity contribution in [3.05, 3.63) is 18.0 Å². The number of hydrogen-bond acceptors (Lipinski definition) is 3. The fourth-order valence-electron chi connectivity index (χ4n) is 2.76. The second-order valence-corrected chi connectivity index (χ2v) is 7.07. The van der Waals surface area contributed by atoms with Gasteiger partial charge in [0.15, 0.2) is 0 Å². The first-order valence-electron chi connectivity index (χ1n) is 7.89. The SMILES string of the molecule is CCn1cc(C2CCN(C(=O)[C@@H](N)C(C)(C)C)CC2)cn1.Cl.Cl. The van der Waals surface area contributed by atoms with Gasteiger partial charge in [-0.05, 0) is 36.7 Å². The van der Waals surface area contributed by atoms with Gasteiger partial charge in [-0.3, -0.25) is 9.48 Å². The molecule has 1 aromatic rings. The number of likely N-dealkylation sites (tertiary alicyclic amines) is 1. The first-order valence-corrected chi connectivity index (χ1v) is 7.89. The van der Waals surface area contributed by atoms with Gasteiger partial charge in [0.25, 0.3) is 0 Å². The van der Waals surface area contributed by atoms with E-state index in [0.29, 0.717) is 5.92 Å². The molecule has 1 amide bonds.